The van der Waals surface area contributed by atoms with E-state index in [2.05, 4.69) is 5.32 Å². The molecule has 0 bridgehead atoms. The van der Waals surface area contributed by atoms with Crippen LogP contribution in [0, 0.1) is 0 Å². The van der Waals surface area contributed by atoms with E-state index in [1.165, 1.54) is 23.1 Å². The summed E-state index contributed by atoms with van der Waals surface area (Å²) in [6, 6.07) is 3.58. The third kappa shape index (κ3) is 1.97. The molecule has 2 rings (SSSR count). The zero-order chi connectivity index (χ0) is 13.3. The summed E-state index contributed by atoms with van der Waals surface area (Å²) in [6.45, 7) is 2.38. The first kappa shape index (κ1) is 12.2. The fourth-order valence-corrected chi connectivity index (χ4v) is 1.92. The van der Waals surface area contributed by atoms with Crippen molar-refractivity contribution in [3.8, 4) is 11.5 Å². The lowest BCUT2D eigenvalue weighted by Crippen LogP contribution is -2.55. The molecule has 1 atom stereocenters. The van der Waals surface area contributed by atoms with Crippen molar-refractivity contribution in [2.24, 2.45) is 0 Å². The predicted molar refractivity (Wildman–Crippen MR) is 63.3 cm³/mol. The van der Waals surface area contributed by atoms with Crippen molar-refractivity contribution in [1.29, 1.82) is 0 Å². The summed E-state index contributed by atoms with van der Waals surface area (Å²) in [5.41, 5.74) is -0.00319. The van der Waals surface area contributed by atoms with Gasteiger partial charge in [0.1, 0.15) is 6.04 Å². The average molecular weight is 250 g/mol. The van der Waals surface area contributed by atoms with Gasteiger partial charge in [-0.15, -0.1) is 0 Å². The topological polar surface area (TPSA) is 89.9 Å². The lowest BCUT2D eigenvalue weighted by molar-refractivity contribution is -0.127. The molecule has 1 fully saturated rings. The Morgan fingerprint density at radius 2 is 2.17 bits per heavy atom. The number of nitrogens with zero attached hydrogens (tertiary/aromatic N) is 1. The van der Waals surface area contributed by atoms with Crippen molar-refractivity contribution in [3.05, 3.63) is 23.8 Å². The maximum atomic E-state index is 12.2. The van der Waals surface area contributed by atoms with Crippen LogP contribution in [-0.2, 0) is 4.79 Å². The highest BCUT2D eigenvalue weighted by Crippen LogP contribution is 2.29. The quantitative estimate of drug-likeness (QED) is 0.615. The molecule has 1 heterocycles. The molecule has 0 saturated carbocycles. The Balaban J connectivity index is 2.31. The van der Waals surface area contributed by atoms with Crippen molar-refractivity contribution in [1.82, 2.24) is 10.2 Å². The number of carbonyl (C=O) groups is 2. The van der Waals surface area contributed by atoms with Crippen LogP contribution < -0.4 is 5.32 Å². The molecule has 1 aliphatic heterocycles. The van der Waals surface area contributed by atoms with Crippen molar-refractivity contribution >= 4 is 11.8 Å². The number of nitrogens with one attached hydrogen (secondary N) is 1. The Labute approximate surface area is 104 Å². The molecule has 1 aromatic carbocycles. The van der Waals surface area contributed by atoms with E-state index in [1.807, 2.05) is 0 Å². The molecule has 0 aliphatic carbocycles. The van der Waals surface area contributed by atoms with Crippen LogP contribution in [0.3, 0.4) is 0 Å². The normalized spacial score (nSPS) is 19.5. The average Bonchev–Trinajstić information content (AvgIpc) is 2.35. The molecule has 6 nitrogen and oxygen atoms in total. The van der Waals surface area contributed by atoms with E-state index < -0.39 is 17.7 Å². The summed E-state index contributed by atoms with van der Waals surface area (Å²) < 4.78 is 0. The van der Waals surface area contributed by atoms with Crippen LogP contribution in [0.15, 0.2) is 18.2 Å². The summed E-state index contributed by atoms with van der Waals surface area (Å²) in [5.74, 6) is -1.50. The Morgan fingerprint density at radius 1 is 1.44 bits per heavy atom. The van der Waals surface area contributed by atoms with Crippen molar-refractivity contribution in [2.75, 3.05) is 13.1 Å². The van der Waals surface area contributed by atoms with Gasteiger partial charge in [0, 0.05) is 13.1 Å². The standard InChI is InChI=1S/C12H14N2O4/c1-7-11(17)13-5-6-14(7)12(18)8-3-2-4-9(15)10(8)16/h2-4,7,15-16H,5-6H2,1H3,(H,13,17). The first-order valence-corrected chi connectivity index (χ1v) is 5.62. The second kappa shape index (κ2) is 4.56. The van der Waals surface area contributed by atoms with Crippen LogP contribution in [0.25, 0.3) is 0 Å². The number of rotatable bonds is 1. The van der Waals surface area contributed by atoms with E-state index in [1.54, 1.807) is 6.92 Å². The minimum atomic E-state index is -0.590. The summed E-state index contributed by atoms with van der Waals surface area (Å²) in [5, 5.41) is 21.7. The maximum absolute atomic E-state index is 12.2. The zero-order valence-corrected chi connectivity index (χ0v) is 9.88. The third-order valence-electron chi connectivity index (χ3n) is 3.00. The monoisotopic (exact) mass is 250 g/mol. The van der Waals surface area contributed by atoms with Crippen LogP contribution in [0.1, 0.15) is 17.3 Å². The minimum Gasteiger partial charge on any atom is -0.504 e. The molecular weight excluding hydrogens is 236 g/mol. The third-order valence-corrected chi connectivity index (χ3v) is 3.00. The van der Waals surface area contributed by atoms with Gasteiger partial charge >= 0.3 is 0 Å². The SMILES string of the molecule is CC1C(=O)NCCN1C(=O)c1cccc(O)c1O. The van der Waals surface area contributed by atoms with Gasteiger partial charge in [0.2, 0.25) is 5.91 Å². The fraction of sp³-hybridized carbons (Fsp3) is 0.333. The Kier molecular flexibility index (Phi) is 3.10. The van der Waals surface area contributed by atoms with E-state index in [-0.39, 0.29) is 17.2 Å². The number of hydrogen-bond donors (Lipinski definition) is 3. The number of piperazine rings is 1. The molecule has 18 heavy (non-hydrogen) atoms. The minimum absolute atomic E-state index is 0.00319. The van der Waals surface area contributed by atoms with Crippen LogP contribution in [0.4, 0.5) is 0 Å². The van der Waals surface area contributed by atoms with Gasteiger partial charge in [-0.3, -0.25) is 9.59 Å². The van der Waals surface area contributed by atoms with Crippen LogP contribution in [-0.4, -0.2) is 46.1 Å². The number of amides is 2. The molecular formula is C12H14N2O4. The highest BCUT2D eigenvalue weighted by Gasteiger charge is 2.31. The molecule has 1 aliphatic rings. The van der Waals surface area contributed by atoms with Gasteiger partial charge in [0.15, 0.2) is 11.5 Å². The van der Waals surface area contributed by atoms with E-state index >= 15 is 0 Å². The van der Waals surface area contributed by atoms with Gasteiger partial charge < -0.3 is 20.4 Å². The number of carbonyl (C=O) groups excluding carboxylic acids is 2. The second-order valence-electron chi connectivity index (χ2n) is 4.14. The fourth-order valence-electron chi connectivity index (χ4n) is 1.92. The molecule has 3 N–H and O–H groups in total. The second-order valence-corrected chi connectivity index (χ2v) is 4.14. The molecule has 0 aromatic heterocycles. The van der Waals surface area contributed by atoms with Gasteiger partial charge in [-0.2, -0.15) is 0 Å². The van der Waals surface area contributed by atoms with Crippen LogP contribution in [0.2, 0.25) is 0 Å². The van der Waals surface area contributed by atoms with Crippen molar-refractivity contribution in [2.45, 2.75) is 13.0 Å². The molecule has 6 heteroatoms. The van der Waals surface area contributed by atoms with Crippen LogP contribution >= 0.6 is 0 Å². The summed E-state index contributed by atoms with van der Waals surface area (Å²) in [7, 11) is 0. The van der Waals surface area contributed by atoms with Crippen molar-refractivity contribution < 1.29 is 19.8 Å². The summed E-state index contributed by atoms with van der Waals surface area (Å²) in [6.07, 6.45) is 0. The summed E-state index contributed by atoms with van der Waals surface area (Å²) in [4.78, 5) is 25.0. The van der Waals surface area contributed by atoms with Gasteiger partial charge in [0.05, 0.1) is 5.56 Å². The summed E-state index contributed by atoms with van der Waals surface area (Å²) >= 11 is 0. The molecule has 1 unspecified atom stereocenters. The lowest BCUT2D eigenvalue weighted by atomic mass is 10.1. The van der Waals surface area contributed by atoms with Crippen molar-refractivity contribution in [3.63, 3.8) is 0 Å². The lowest BCUT2D eigenvalue weighted by Gasteiger charge is -2.33. The number of hydrogen-bond acceptors (Lipinski definition) is 4. The molecule has 1 saturated heterocycles. The van der Waals surface area contributed by atoms with E-state index in [0.29, 0.717) is 13.1 Å². The molecule has 96 valence electrons. The Hall–Kier alpha value is -2.24. The van der Waals surface area contributed by atoms with E-state index in [4.69, 9.17) is 0 Å². The smallest absolute Gasteiger partial charge is 0.258 e. The molecule has 0 radical (unpaired) electrons. The predicted octanol–water partition coefficient (Wildman–Crippen LogP) is 0.0583. The number of para-hydroxylation sites is 1. The van der Waals surface area contributed by atoms with Gasteiger partial charge in [-0.1, -0.05) is 6.07 Å². The molecule has 2 amide bonds. The van der Waals surface area contributed by atoms with Gasteiger partial charge in [0.25, 0.3) is 5.91 Å². The largest absolute Gasteiger partial charge is 0.504 e. The highest BCUT2D eigenvalue weighted by molar-refractivity contribution is 6.00. The van der Waals surface area contributed by atoms with Gasteiger partial charge in [-0.05, 0) is 19.1 Å². The van der Waals surface area contributed by atoms with E-state index in [0.717, 1.165) is 0 Å². The van der Waals surface area contributed by atoms with Crippen LogP contribution in [0.5, 0.6) is 11.5 Å². The number of aromatic hydroxyl groups is 2. The first-order chi connectivity index (χ1) is 8.52. The zero-order valence-electron chi connectivity index (χ0n) is 9.88. The first-order valence-electron chi connectivity index (χ1n) is 5.62. The maximum Gasteiger partial charge on any atom is 0.258 e. The highest BCUT2D eigenvalue weighted by atomic mass is 16.3. The number of phenolic OH excluding ortho intramolecular Hbond substituents is 2. The van der Waals surface area contributed by atoms with Gasteiger partial charge in [-0.25, -0.2) is 0 Å². The Morgan fingerprint density at radius 3 is 2.89 bits per heavy atom. The Bertz CT molecular complexity index is 501. The number of benzene rings is 1. The number of phenols is 2. The molecule has 1 aromatic rings. The molecule has 0 spiro atoms. The van der Waals surface area contributed by atoms with E-state index in [9.17, 15) is 19.8 Å².